The molecule has 0 saturated heterocycles. The quantitative estimate of drug-likeness (QED) is 0.345. The molecule has 0 aliphatic heterocycles. The number of hydrogen-bond donors (Lipinski definition) is 0. The maximum absolute atomic E-state index is 13.0. The van der Waals surface area contributed by atoms with Crippen molar-refractivity contribution in [1.29, 1.82) is 0 Å². The highest BCUT2D eigenvalue weighted by Crippen LogP contribution is 2.63. The van der Waals surface area contributed by atoms with Gasteiger partial charge < -0.3 is 0 Å². The zero-order valence-corrected chi connectivity index (χ0v) is 20.9. The Balaban J connectivity index is 2.72. The van der Waals surface area contributed by atoms with E-state index in [1.54, 1.807) is 0 Å². The Kier molecular flexibility index (Phi) is 5.41. The zero-order valence-electron chi connectivity index (χ0n) is 18.9. The molecule has 0 heterocycles. The van der Waals surface area contributed by atoms with Crippen molar-refractivity contribution in [1.82, 2.24) is 0 Å². The van der Waals surface area contributed by atoms with Gasteiger partial charge in [0, 0.05) is 6.42 Å². The van der Waals surface area contributed by atoms with Gasteiger partial charge in [-0.1, -0.05) is 67.7 Å². The van der Waals surface area contributed by atoms with Crippen molar-refractivity contribution in [3.05, 3.63) is 11.1 Å². The topological polar surface area (TPSA) is 17.1 Å². The van der Waals surface area contributed by atoms with Crippen molar-refractivity contribution in [3.63, 3.8) is 0 Å². The maximum Gasteiger partial charge on any atom is 0.160 e. The van der Waals surface area contributed by atoms with E-state index in [0.717, 1.165) is 12.8 Å². The van der Waals surface area contributed by atoms with E-state index in [9.17, 15) is 4.79 Å². The molecule has 1 unspecified atom stereocenters. The summed E-state index contributed by atoms with van der Waals surface area (Å²) < 4.78 is 0. The van der Waals surface area contributed by atoms with Crippen molar-refractivity contribution in [3.8, 4) is 11.5 Å². The highest BCUT2D eigenvalue weighted by atomic mass is 28.3. The number of carbonyl (C=O) groups excluding carboxylic acids is 1. The van der Waals surface area contributed by atoms with Crippen LogP contribution in [0.5, 0.6) is 0 Å². The molecule has 3 heteroatoms. The number of rotatable bonds is 1. The minimum atomic E-state index is -1.86. The highest BCUT2D eigenvalue weighted by Gasteiger charge is 2.59. The first-order valence-electron chi connectivity index (χ1n) is 10.4. The van der Waals surface area contributed by atoms with Gasteiger partial charge in [-0.3, -0.25) is 4.79 Å². The van der Waals surface area contributed by atoms with Crippen molar-refractivity contribution in [2.45, 2.75) is 115 Å². The third-order valence-corrected chi connectivity index (χ3v) is 19.1. The summed E-state index contributed by atoms with van der Waals surface area (Å²) in [6.45, 7) is 23.9. The van der Waals surface area contributed by atoms with E-state index in [1.165, 1.54) is 24.0 Å². The Bertz CT molecular complexity index is 686. The van der Waals surface area contributed by atoms with Crippen LogP contribution in [0.1, 0.15) is 73.6 Å². The lowest BCUT2D eigenvalue weighted by Gasteiger charge is -2.50. The molecule has 0 amide bonds. The predicted molar refractivity (Wildman–Crippen MR) is 120 cm³/mol. The lowest BCUT2D eigenvalue weighted by Crippen LogP contribution is -2.50. The molecule has 26 heavy (non-hydrogen) atoms. The Hall–Kier alpha value is -0.596. The number of hydrogen-bond acceptors (Lipinski definition) is 1. The van der Waals surface area contributed by atoms with Crippen LogP contribution in [-0.2, 0) is 4.79 Å². The van der Waals surface area contributed by atoms with Crippen LogP contribution in [0.3, 0.4) is 0 Å². The smallest absolute Gasteiger partial charge is 0.160 e. The predicted octanol–water partition coefficient (Wildman–Crippen LogP) is 7.13. The van der Waals surface area contributed by atoms with Crippen LogP contribution in [0, 0.1) is 11.5 Å². The van der Waals surface area contributed by atoms with Gasteiger partial charge in [0.2, 0.25) is 0 Å². The molecule has 0 N–H and O–H groups in total. The molecule has 2 aliphatic rings. The van der Waals surface area contributed by atoms with E-state index in [-0.39, 0.29) is 15.1 Å². The van der Waals surface area contributed by atoms with Gasteiger partial charge in [-0.15, -0.1) is 11.5 Å². The minimum Gasteiger partial charge on any atom is -0.294 e. The number of carbonyl (C=O) groups is 1. The molecule has 1 nitrogen and oxygen atoms in total. The SMILES string of the molecule is CC(C)(C)[Si](C)(C)C#CC1([Si](C)(C)C(C)(C)C)CC(=O)C2=C1CCCC2. The number of Topliss-reactive ketones (excluding diaryl/α,β-unsaturated/α-hetero) is 1. The van der Waals surface area contributed by atoms with Crippen LogP contribution < -0.4 is 0 Å². The largest absolute Gasteiger partial charge is 0.294 e. The van der Waals surface area contributed by atoms with Crippen LogP contribution in [0.2, 0.25) is 41.3 Å². The number of allylic oxidation sites excluding steroid dienone is 2. The van der Waals surface area contributed by atoms with Crippen LogP contribution in [-0.4, -0.2) is 21.9 Å². The Morgan fingerprint density at radius 3 is 1.92 bits per heavy atom. The average molecular weight is 389 g/mol. The van der Waals surface area contributed by atoms with Crippen molar-refractivity contribution >= 4 is 21.9 Å². The fourth-order valence-corrected chi connectivity index (χ4v) is 8.42. The Labute approximate surface area is 164 Å². The lowest BCUT2D eigenvalue weighted by molar-refractivity contribution is -0.115. The minimum absolute atomic E-state index is 0.145. The molecule has 0 spiro atoms. The van der Waals surface area contributed by atoms with E-state index in [1.807, 2.05) is 0 Å². The summed E-state index contributed by atoms with van der Waals surface area (Å²) in [5.74, 6) is 4.32. The average Bonchev–Trinajstić information content (AvgIpc) is 2.78. The molecule has 0 aromatic rings. The van der Waals surface area contributed by atoms with E-state index < -0.39 is 16.1 Å². The Morgan fingerprint density at radius 2 is 1.42 bits per heavy atom. The second kappa shape index (κ2) is 6.48. The van der Waals surface area contributed by atoms with Gasteiger partial charge in [0.15, 0.2) is 5.78 Å². The van der Waals surface area contributed by atoms with Crippen molar-refractivity contribution in [2.75, 3.05) is 0 Å². The molecule has 0 aromatic carbocycles. The maximum atomic E-state index is 13.0. The van der Waals surface area contributed by atoms with Gasteiger partial charge in [0.1, 0.15) is 8.07 Å². The third kappa shape index (κ3) is 3.33. The zero-order chi connectivity index (χ0) is 20.2. The summed E-state index contributed by atoms with van der Waals surface area (Å²) in [4.78, 5) is 13.0. The third-order valence-electron chi connectivity index (χ3n) is 8.15. The van der Waals surface area contributed by atoms with E-state index in [2.05, 4.69) is 79.2 Å². The summed E-state index contributed by atoms with van der Waals surface area (Å²) in [5, 5.41) is 0.323. The van der Waals surface area contributed by atoms with Gasteiger partial charge >= 0.3 is 0 Å². The molecule has 0 radical (unpaired) electrons. The molecule has 2 aliphatic carbocycles. The summed E-state index contributed by atoms with van der Waals surface area (Å²) in [6, 6.07) is 0. The summed E-state index contributed by atoms with van der Waals surface area (Å²) >= 11 is 0. The fraction of sp³-hybridized carbons (Fsp3) is 0.783. The summed E-state index contributed by atoms with van der Waals surface area (Å²) in [6.07, 6.45) is 5.15. The Morgan fingerprint density at radius 1 is 0.885 bits per heavy atom. The van der Waals surface area contributed by atoms with E-state index in [4.69, 9.17) is 0 Å². The molecule has 146 valence electrons. The second-order valence-corrected chi connectivity index (χ2v) is 22.3. The van der Waals surface area contributed by atoms with Crippen LogP contribution in [0.25, 0.3) is 0 Å². The number of ketones is 1. The molecule has 0 bridgehead atoms. The van der Waals surface area contributed by atoms with E-state index >= 15 is 0 Å². The standard InChI is InChI=1S/C23H40OSi2/c1-21(2,3)25(7,8)16-15-23(26(9,10)22(4,5)6)17-20(24)18-13-11-12-14-19(18)23/h11-14,17H2,1-10H3. The monoisotopic (exact) mass is 388 g/mol. The van der Waals surface area contributed by atoms with Gasteiger partial charge in [0.25, 0.3) is 0 Å². The van der Waals surface area contributed by atoms with E-state index in [0.29, 0.717) is 12.2 Å². The molecule has 2 rings (SSSR count). The highest BCUT2D eigenvalue weighted by molar-refractivity contribution is 6.88. The first-order valence-corrected chi connectivity index (χ1v) is 16.4. The van der Waals surface area contributed by atoms with Gasteiger partial charge in [-0.2, -0.15) is 0 Å². The van der Waals surface area contributed by atoms with Gasteiger partial charge in [-0.25, -0.2) is 0 Å². The lowest BCUT2D eigenvalue weighted by atomic mass is 9.89. The summed E-state index contributed by atoms with van der Waals surface area (Å²) in [7, 11) is -3.57. The molecule has 0 aromatic heterocycles. The van der Waals surface area contributed by atoms with Crippen molar-refractivity contribution < 1.29 is 4.79 Å². The second-order valence-electron chi connectivity index (χ2n) is 11.7. The van der Waals surface area contributed by atoms with Crippen LogP contribution >= 0.6 is 0 Å². The van der Waals surface area contributed by atoms with Gasteiger partial charge in [-0.05, 0) is 46.9 Å². The molecular formula is C23H40OSi2. The fourth-order valence-electron chi connectivity index (χ4n) is 4.10. The van der Waals surface area contributed by atoms with Gasteiger partial charge in [0.05, 0.1) is 13.1 Å². The normalized spacial score (nSPS) is 25.1. The summed E-state index contributed by atoms with van der Waals surface area (Å²) in [5.41, 5.74) is 6.49. The molecular weight excluding hydrogens is 348 g/mol. The van der Waals surface area contributed by atoms with Crippen LogP contribution in [0.4, 0.5) is 0 Å². The van der Waals surface area contributed by atoms with Crippen LogP contribution in [0.15, 0.2) is 11.1 Å². The first kappa shape index (κ1) is 21.7. The first-order chi connectivity index (χ1) is 11.6. The molecule has 0 fully saturated rings. The van der Waals surface area contributed by atoms with Crippen molar-refractivity contribution in [2.24, 2.45) is 0 Å². The molecule has 0 saturated carbocycles. The molecule has 1 atom stereocenters.